The van der Waals surface area contributed by atoms with Gasteiger partial charge in [-0.3, -0.25) is 4.79 Å². The molecule has 2 N–H and O–H groups in total. The van der Waals surface area contributed by atoms with E-state index in [1.54, 1.807) is 55.1 Å². The van der Waals surface area contributed by atoms with Gasteiger partial charge in [0.1, 0.15) is 10.6 Å². The number of rotatable bonds is 5. The maximum absolute atomic E-state index is 12.9. The monoisotopic (exact) mass is 473 g/mol. The van der Waals surface area contributed by atoms with Crippen molar-refractivity contribution < 1.29 is 26.9 Å². The normalized spacial score (nSPS) is 14.8. The number of hydrogen-bond acceptors (Lipinski definition) is 7. The molecule has 1 aliphatic rings. The Labute approximate surface area is 190 Å². The van der Waals surface area contributed by atoms with Gasteiger partial charge in [-0.05, 0) is 50.2 Å². The molecule has 174 valence electrons. The van der Waals surface area contributed by atoms with Crippen molar-refractivity contribution in [1.82, 2.24) is 14.4 Å². The average molecular weight is 474 g/mol. The maximum atomic E-state index is 12.9. The minimum Gasteiger partial charge on any atom is -0.459 e. The summed E-state index contributed by atoms with van der Waals surface area (Å²) in [4.78, 5) is 26.3. The summed E-state index contributed by atoms with van der Waals surface area (Å²) in [5.41, 5.74) is 1.41. The fourth-order valence-corrected chi connectivity index (χ4v) is 5.26. The van der Waals surface area contributed by atoms with E-state index in [0.717, 1.165) is 0 Å². The standard InChI is InChI=1S/C21H23N5O6S/c1-14-19(15(2)32-24-14)33(29,30)26-11-9-25(10-12-26)21(28)23-17-7-5-16(6-8-17)22-20(27)18-4-3-13-31-18/h3-8,13H,9-12H2,1-2H3,(H,22,27)(H,23,28). The van der Waals surface area contributed by atoms with Gasteiger partial charge in [0.05, 0.1) is 6.26 Å². The molecule has 12 heteroatoms. The summed E-state index contributed by atoms with van der Waals surface area (Å²) in [6.07, 6.45) is 1.42. The number of furan rings is 1. The Morgan fingerprint density at radius 1 is 0.970 bits per heavy atom. The first kappa shape index (κ1) is 22.6. The van der Waals surface area contributed by atoms with E-state index in [1.165, 1.54) is 10.6 Å². The van der Waals surface area contributed by atoms with Crippen LogP contribution in [0, 0.1) is 13.8 Å². The van der Waals surface area contributed by atoms with Gasteiger partial charge in [-0.2, -0.15) is 4.31 Å². The van der Waals surface area contributed by atoms with Crippen LogP contribution >= 0.6 is 0 Å². The number of aromatic nitrogens is 1. The largest absolute Gasteiger partial charge is 0.459 e. The molecule has 0 aliphatic carbocycles. The molecule has 3 amide bonds. The van der Waals surface area contributed by atoms with Gasteiger partial charge in [0.15, 0.2) is 11.5 Å². The fraction of sp³-hybridized carbons (Fsp3) is 0.286. The Bertz CT molecular complexity index is 1220. The zero-order valence-corrected chi connectivity index (χ0v) is 18.9. The van der Waals surface area contributed by atoms with E-state index in [0.29, 0.717) is 17.1 Å². The molecule has 1 fully saturated rings. The number of anilines is 2. The van der Waals surface area contributed by atoms with Gasteiger partial charge in [-0.1, -0.05) is 5.16 Å². The number of carbonyl (C=O) groups excluding carboxylic acids is 2. The van der Waals surface area contributed by atoms with Crippen molar-refractivity contribution in [2.75, 3.05) is 36.8 Å². The molecule has 0 atom stereocenters. The van der Waals surface area contributed by atoms with Gasteiger partial charge >= 0.3 is 6.03 Å². The zero-order valence-electron chi connectivity index (χ0n) is 18.1. The first-order valence-electron chi connectivity index (χ1n) is 10.2. The topological polar surface area (TPSA) is 138 Å². The Morgan fingerprint density at radius 2 is 1.61 bits per heavy atom. The molecule has 1 saturated heterocycles. The average Bonchev–Trinajstić information content (AvgIpc) is 3.45. The zero-order chi connectivity index (χ0) is 23.6. The van der Waals surface area contributed by atoms with Gasteiger partial charge in [-0.25, -0.2) is 13.2 Å². The third-order valence-electron chi connectivity index (χ3n) is 5.23. The number of carbonyl (C=O) groups is 2. The predicted molar refractivity (Wildman–Crippen MR) is 118 cm³/mol. The summed E-state index contributed by atoms with van der Waals surface area (Å²) in [6, 6.07) is 9.48. The van der Waals surface area contributed by atoms with Gasteiger partial charge < -0.3 is 24.5 Å². The first-order chi connectivity index (χ1) is 15.8. The van der Waals surface area contributed by atoms with Crippen LogP contribution in [0.2, 0.25) is 0 Å². The van der Waals surface area contributed by atoms with Gasteiger partial charge in [0, 0.05) is 37.6 Å². The van der Waals surface area contributed by atoms with Crippen molar-refractivity contribution in [2.24, 2.45) is 0 Å². The molecule has 4 rings (SSSR count). The minimum atomic E-state index is -3.74. The summed E-state index contributed by atoms with van der Waals surface area (Å²) >= 11 is 0. The molecule has 0 unspecified atom stereocenters. The molecule has 1 aliphatic heterocycles. The molecule has 33 heavy (non-hydrogen) atoms. The van der Waals surface area contributed by atoms with Gasteiger partial charge in [0.2, 0.25) is 10.0 Å². The highest BCUT2D eigenvalue weighted by molar-refractivity contribution is 7.89. The van der Waals surface area contributed by atoms with Crippen LogP contribution in [0.4, 0.5) is 16.2 Å². The molecule has 11 nitrogen and oxygen atoms in total. The number of aryl methyl sites for hydroxylation is 2. The van der Waals surface area contributed by atoms with Crippen LogP contribution in [-0.4, -0.2) is 60.9 Å². The summed E-state index contributed by atoms with van der Waals surface area (Å²) in [7, 11) is -3.74. The Morgan fingerprint density at radius 3 is 2.15 bits per heavy atom. The number of sulfonamides is 1. The second kappa shape index (κ2) is 9.08. The first-order valence-corrected chi connectivity index (χ1v) is 11.6. The number of nitrogens with zero attached hydrogens (tertiary/aromatic N) is 3. The van der Waals surface area contributed by atoms with Crippen LogP contribution in [0.25, 0.3) is 0 Å². The lowest BCUT2D eigenvalue weighted by molar-refractivity contribution is 0.0996. The second-order valence-corrected chi connectivity index (χ2v) is 9.36. The van der Waals surface area contributed by atoms with Crippen LogP contribution in [0.1, 0.15) is 22.0 Å². The third kappa shape index (κ3) is 4.76. The molecule has 0 radical (unpaired) electrons. The molecular weight excluding hydrogens is 450 g/mol. The lowest BCUT2D eigenvalue weighted by Gasteiger charge is -2.33. The van der Waals surface area contributed by atoms with E-state index in [2.05, 4.69) is 15.8 Å². The van der Waals surface area contributed by atoms with Crippen molar-refractivity contribution in [3.05, 3.63) is 59.9 Å². The van der Waals surface area contributed by atoms with Crippen molar-refractivity contribution in [3.63, 3.8) is 0 Å². The van der Waals surface area contributed by atoms with Crippen molar-refractivity contribution in [3.8, 4) is 0 Å². The summed E-state index contributed by atoms with van der Waals surface area (Å²) in [5, 5.41) is 9.20. The lowest BCUT2D eigenvalue weighted by Crippen LogP contribution is -2.51. The van der Waals surface area contributed by atoms with Crippen LogP contribution in [0.3, 0.4) is 0 Å². The summed E-state index contributed by atoms with van der Waals surface area (Å²) in [6.45, 7) is 3.96. The number of urea groups is 1. The smallest absolute Gasteiger partial charge is 0.321 e. The number of amides is 3. The molecule has 1 aromatic carbocycles. The summed E-state index contributed by atoms with van der Waals surface area (Å²) in [5.74, 6) is 0.0700. The highest BCUT2D eigenvalue weighted by Crippen LogP contribution is 2.24. The Hall–Kier alpha value is -3.64. The number of benzene rings is 1. The van der Waals surface area contributed by atoms with Crippen LogP contribution < -0.4 is 10.6 Å². The summed E-state index contributed by atoms with van der Waals surface area (Å²) < 4.78 is 37.2. The predicted octanol–water partition coefficient (Wildman–Crippen LogP) is 2.68. The molecule has 0 saturated carbocycles. The third-order valence-corrected chi connectivity index (χ3v) is 7.37. The molecule has 3 aromatic rings. The van der Waals surface area contributed by atoms with Gasteiger partial charge in [0.25, 0.3) is 5.91 Å². The molecule has 0 bridgehead atoms. The fourth-order valence-electron chi connectivity index (χ4n) is 3.54. The Kier molecular flexibility index (Phi) is 6.20. The van der Waals surface area contributed by atoms with Crippen molar-refractivity contribution in [1.29, 1.82) is 0 Å². The number of nitrogens with one attached hydrogen (secondary N) is 2. The van der Waals surface area contributed by atoms with E-state index >= 15 is 0 Å². The van der Waals surface area contributed by atoms with E-state index in [1.807, 2.05) is 0 Å². The molecule has 0 spiro atoms. The minimum absolute atomic E-state index is 0.0830. The highest BCUT2D eigenvalue weighted by atomic mass is 32.2. The van der Waals surface area contributed by atoms with E-state index in [9.17, 15) is 18.0 Å². The maximum Gasteiger partial charge on any atom is 0.321 e. The molecule has 3 heterocycles. The number of hydrogen-bond donors (Lipinski definition) is 2. The highest BCUT2D eigenvalue weighted by Gasteiger charge is 2.34. The molecular formula is C21H23N5O6S. The van der Waals surface area contributed by atoms with Gasteiger partial charge in [-0.15, -0.1) is 0 Å². The quantitative estimate of drug-likeness (QED) is 0.581. The van der Waals surface area contributed by atoms with Crippen LogP contribution in [0.15, 0.2) is 56.5 Å². The van der Waals surface area contributed by atoms with Crippen LogP contribution in [0.5, 0.6) is 0 Å². The second-order valence-electron chi connectivity index (χ2n) is 7.48. The van der Waals surface area contributed by atoms with E-state index < -0.39 is 10.0 Å². The van der Waals surface area contributed by atoms with Crippen LogP contribution in [-0.2, 0) is 10.0 Å². The van der Waals surface area contributed by atoms with Crippen molar-refractivity contribution in [2.45, 2.75) is 18.7 Å². The van der Waals surface area contributed by atoms with Crippen molar-refractivity contribution >= 4 is 33.3 Å². The van der Waals surface area contributed by atoms with E-state index in [4.69, 9.17) is 8.94 Å². The Balaban J connectivity index is 1.31. The van der Waals surface area contributed by atoms with E-state index in [-0.39, 0.29) is 54.5 Å². The SMILES string of the molecule is Cc1noc(C)c1S(=O)(=O)N1CCN(C(=O)Nc2ccc(NC(=O)c3ccco3)cc2)CC1. The molecule has 2 aromatic heterocycles. The lowest BCUT2D eigenvalue weighted by atomic mass is 10.2. The number of piperazine rings is 1.